The zero-order valence-corrected chi connectivity index (χ0v) is 16.2. The second kappa shape index (κ2) is 6.77. The molecule has 27 heavy (non-hydrogen) atoms. The van der Waals surface area contributed by atoms with Gasteiger partial charge in [-0.3, -0.25) is 0 Å². The highest BCUT2D eigenvalue weighted by molar-refractivity contribution is 7.89. The smallest absolute Gasteiger partial charge is 0.240 e. The second-order valence-corrected chi connectivity index (χ2v) is 9.27. The molecule has 1 aliphatic carbocycles. The molecule has 0 fully saturated rings. The van der Waals surface area contributed by atoms with E-state index in [4.69, 9.17) is 0 Å². The van der Waals surface area contributed by atoms with Gasteiger partial charge < -0.3 is 4.98 Å². The molecule has 142 valence electrons. The average molecular weight is 386 g/mol. The Bertz CT molecular complexity index is 1090. The number of hydrogen-bond donors (Lipinski definition) is 2. The number of aromatic nitrogens is 1. The topological polar surface area (TPSA) is 62.0 Å². The summed E-state index contributed by atoms with van der Waals surface area (Å²) in [5.74, 6) is 0.0846. The first-order valence-corrected chi connectivity index (χ1v) is 10.7. The summed E-state index contributed by atoms with van der Waals surface area (Å²) >= 11 is 0. The van der Waals surface area contributed by atoms with Gasteiger partial charge in [-0.2, -0.15) is 0 Å². The van der Waals surface area contributed by atoms with Crippen LogP contribution < -0.4 is 4.72 Å². The molecule has 0 amide bonds. The molecule has 0 radical (unpaired) electrons. The molecule has 0 aliphatic heterocycles. The molecule has 1 aliphatic rings. The lowest BCUT2D eigenvalue weighted by Gasteiger charge is -2.23. The highest BCUT2D eigenvalue weighted by Gasteiger charge is 2.26. The zero-order valence-electron chi connectivity index (χ0n) is 15.4. The maximum Gasteiger partial charge on any atom is 0.240 e. The van der Waals surface area contributed by atoms with Crippen LogP contribution in [0.2, 0.25) is 0 Å². The van der Waals surface area contributed by atoms with Gasteiger partial charge in [0.05, 0.1) is 4.90 Å². The lowest BCUT2D eigenvalue weighted by molar-refractivity contribution is 0.506. The van der Waals surface area contributed by atoms with E-state index in [9.17, 15) is 12.8 Å². The summed E-state index contributed by atoms with van der Waals surface area (Å²) in [7, 11) is -3.57. The monoisotopic (exact) mass is 386 g/mol. The Labute approximate surface area is 158 Å². The minimum atomic E-state index is -3.57. The Hall–Kier alpha value is -2.18. The van der Waals surface area contributed by atoms with Crippen molar-refractivity contribution in [1.29, 1.82) is 0 Å². The summed E-state index contributed by atoms with van der Waals surface area (Å²) in [6.07, 6.45) is 2.06. The van der Waals surface area contributed by atoms with E-state index in [2.05, 4.69) is 23.6 Å². The number of rotatable bonds is 4. The molecule has 0 saturated carbocycles. The first-order chi connectivity index (χ1) is 12.8. The maximum absolute atomic E-state index is 13.5. The van der Waals surface area contributed by atoms with Crippen molar-refractivity contribution in [2.45, 2.75) is 50.0 Å². The summed E-state index contributed by atoms with van der Waals surface area (Å²) in [4.78, 5) is 3.56. The van der Waals surface area contributed by atoms with E-state index in [1.807, 2.05) is 12.1 Å². The Kier molecular flexibility index (Phi) is 4.56. The van der Waals surface area contributed by atoms with Crippen LogP contribution in [0.5, 0.6) is 0 Å². The van der Waals surface area contributed by atoms with Gasteiger partial charge in [-0.05, 0) is 66.6 Å². The number of halogens is 1. The lowest BCUT2D eigenvalue weighted by atomic mass is 9.92. The number of fused-ring (bicyclic) bond motifs is 3. The van der Waals surface area contributed by atoms with Gasteiger partial charge in [0.25, 0.3) is 0 Å². The van der Waals surface area contributed by atoms with Crippen LogP contribution in [0.3, 0.4) is 0 Å². The number of sulfonamides is 1. The Morgan fingerprint density at radius 2 is 1.89 bits per heavy atom. The largest absolute Gasteiger partial charge is 0.358 e. The van der Waals surface area contributed by atoms with E-state index in [-0.39, 0.29) is 11.9 Å². The van der Waals surface area contributed by atoms with Crippen LogP contribution in [-0.4, -0.2) is 19.4 Å². The lowest BCUT2D eigenvalue weighted by Crippen LogP contribution is -2.38. The van der Waals surface area contributed by atoms with Crippen LogP contribution in [0, 0.1) is 5.82 Å². The quantitative estimate of drug-likeness (QED) is 0.704. The van der Waals surface area contributed by atoms with Gasteiger partial charge in [-0.15, -0.1) is 0 Å². The molecule has 2 N–H and O–H groups in total. The van der Waals surface area contributed by atoms with Gasteiger partial charge in [-0.25, -0.2) is 17.5 Å². The minimum Gasteiger partial charge on any atom is -0.358 e. The molecule has 1 heterocycles. The van der Waals surface area contributed by atoms with Crippen LogP contribution in [-0.2, 0) is 22.9 Å². The standard InChI is InChI=1S/C21H23FN2O2S/c1-13(2)14-3-7-17(8-4-14)27(25,26)24-16-6-10-20-19(12-16)18-9-5-15(22)11-21(18)23-20/h3-5,7-9,11,13,16,23-24H,6,10,12H2,1-2H3. The number of hydrogen-bond acceptors (Lipinski definition) is 2. The van der Waals surface area contributed by atoms with E-state index < -0.39 is 10.0 Å². The van der Waals surface area contributed by atoms with Crippen molar-refractivity contribution in [3.05, 3.63) is 65.1 Å². The predicted octanol–water partition coefficient (Wildman–Crippen LogP) is 4.27. The van der Waals surface area contributed by atoms with Gasteiger partial charge in [0, 0.05) is 22.6 Å². The minimum absolute atomic E-state index is 0.170. The third kappa shape index (κ3) is 3.51. The fourth-order valence-electron chi connectivity index (χ4n) is 3.82. The van der Waals surface area contributed by atoms with Crippen LogP contribution in [0.15, 0.2) is 47.4 Å². The third-order valence-corrected chi connectivity index (χ3v) is 6.87. The van der Waals surface area contributed by atoms with Crippen molar-refractivity contribution < 1.29 is 12.8 Å². The van der Waals surface area contributed by atoms with Crippen LogP contribution >= 0.6 is 0 Å². The van der Waals surface area contributed by atoms with Crippen molar-refractivity contribution in [2.75, 3.05) is 0 Å². The van der Waals surface area contributed by atoms with E-state index in [1.165, 1.54) is 12.1 Å². The van der Waals surface area contributed by atoms with Crippen molar-refractivity contribution in [1.82, 2.24) is 9.71 Å². The highest BCUT2D eigenvalue weighted by Crippen LogP contribution is 2.30. The SMILES string of the molecule is CC(C)c1ccc(S(=O)(=O)NC2CCc3[nH]c4cc(F)ccc4c3C2)cc1. The molecule has 3 aromatic rings. The molecule has 2 aromatic carbocycles. The molecule has 1 aromatic heterocycles. The van der Waals surface area contributed by atoms with E-state index in [1.54, 1.807) is 18.2 Å². The molecular weight excluding hydrogens is 363 g/mol. The fraction of sp³-hybridized carbons (Fsp3) is 0.333. The molecule has 1 unspecified atom stereocenters. The molecule has 0 saturated heterocycles. The van der Waals surface area contributed by atoms with Crippen molar-refractivity contribution in [2.24, 2.45) is 0 Å². The molecule has 0 spiro atoms. The van der Waals surface area contributed by atoms with Gasteiger partial charge in [-0.1, -0.05) is 26.0 Å². The Morgan fingerprint density at radius 1 is 1.15 bits per heavy atom. The third-order valence-electron chi connectivity index (χ3n) is 5.33. The van der Waals surface area contributed by atoms with Crippen molar-refractivity contribution >= 4 is 20.9 Å². The maximum atomic E-state index is 13.5. The summed E-state index contributed by atoms with van der Waals surface area (Å²) in [5.41, 5.74) is 4.04. The average Bonchev–Trinajstić information content (AvgIpc) is 2.98. The Balaban J connectivity index is 1.56. The molecule has 0 bridgehead atoms. The number of benzene rings is 2. The zero-order chi connectivity index (χ0) is 19.2. The summed E-state index contributed by atoms with van der Waals surface area (Å²) in [6.45, 7) is 4.16. The fourth-order valence-corrected chi connectivity index (χ4v) is 5.09. The second-order valence-electron chi connectivity index (χ2n) is 7.56. The van der Waals surface area contributed by atoms with Crippen LogP contribution in [0.25, 0.3) is 10.9 Å². The first-order valence-electron chi connectivity index (χ1n) is 9.25. The first kappa shape index (κ1) is 18.2. The number of H-pyrrole nitrogens is 1. The molecule has 4 rings (SSSR count). The van der Waals surface area contributed by atoms with Gasteiger partial charge in [0.1, 0.15) is 5.82 Å². The van der Waals surface area contributed by atoms with Gasteiger partial charge in [0.15, 0.2) is 0 Å². The van der Waals surface area contributed by atoms with Gasteiger partial charge in [0.2, 0.25) is 10.0 Å². The molecule has 1 atom stereocenters. The summed E-state index contributed by atoms with van der Waals surface area (Å²) < 4.78 is 41.8. The Morgan fingerprint density at radius 3 is 2.59 bits per heavy atom. The van der Waals surface area contributed by atoms with E-state index in [0.717, 1.165) is 34.1 Å². The highest BCUT2D eigenvalue weighted by atomic mass is 32.2. The van der Waals surface area contributed by atoms with Crippen molar-refractivity contribution in [3.63, 3.8) is 0 Å². The van der Waals surface area contributed by atoms with Crippen LogP contribution in [0.1, 0.15) is 43.0 Å². The number of nitrogens with one attached hydrogen (secondary N) is 2. The normalized spacial score (nSPS) is 17.4. The van der Waals surface area contributed by atoms with E-state index >= 15 is 0 Å². The van der Waals surface area contributed by atoms with Crippen LogP contribution in [0.4, 0.5) is 4.39 Å². The number of aryl methyl sites for hydroxylation is 1. The molecule has 6 heteroatoms. The van der Waals surface area contributed by atoms with Gasteiger partial charge >= 0.3 is 0 Å². The summed E-state index contributed by atoms with van der Waals surface area (Å²) in [5, 5.41) is 0.969. The summed E-state index contributed by atoms with van der Waals surface area (Å²) in [6, 6.07) is 11.6. The molecular formula is C21H23FN2O2S. The van der Waals surface area contributed by atoms with E-state index in [0.29, 0.717) is 23.7 Å². The predicted molar refractivity (Wildman–Crippen MR) is 105 cm³/mol. The number of aromatic amines is 1. The molecule has 4 nitrogen and oxygen atoms in total. The van der Waals surface area contributed by atoms with Crippen molar-refractivity contribution in [3.8, 4) is 0 Å².